The van der Waals surface area contributed by atoms with Gasteiger partial charge in [0.15, 0.2) is 0 Å². The van der Waals surface area contributed by atoms with Crippen molar-refractivity contribution in [3.63, 3.8) is 0 Å². The lowest BCUT2D eigenvalue weighted by molar-refractivity contribution is -0.139. The maximum atomic E-state index is 12.3. The summed E-state index contributed by atoms with van der Waals surface area (Å²) in [5.41, 5.74) is 1.27. The zero-order valence-corrected chi connectivity index (χ0v) is 13.4. The molecule has 2 aromatic heterocycles. The van der Waals surface area contributed by atoms with Crippen LogP contribution in [0.25, 0.3) is 0 Å². The number of imidazole rings is 1. The number of amides is 1. The molecule has 118 valence electrons. The molecule has 0 aromatic carbocycles. The summed E-state index contributed by atoms with van der Waals surface area (Å²) in [6.07, 6.45) is 3.16. The van der Waals surface area contributed by atoms with Crippen molar-refractivity contribution in [3.8, 4) is 0 Å². The van der Waals surface area contributed by atoms with E-state index in [1.165, 1.54) is 23.9 Å². The third kappa shape index (κ3) is 3.70. The Bertz CT molecular complexity index is 664. The molecule has 2 heterocycles. The standard InChI is InChI=1S/C14H18N4O3S/c1-7(2)13-17-8(3)11(22-13)12(19)18-10(14(20)21)4-9-5-15-6-16-9/h5-7,10H,4H2,1-3H3,(H,15,16)(H,18,19)(H,20,21)/t10-/m1/s1. The number of carbonyl (C=O) groups excluding carboxylic acids is 1. The monoisotopic (exact) mass is 322 g/mol. The molecule has 0 aliphatic rings. The minimum absolute atomic E-state index is 0.149. The number of carboxylic acids is 1. The number of thiazole rings is 1. The number of aromatic amines is 1. The molecule has 0 aliphatic heterocycles. The zero-order chi connectivity index (χ0) is 16.3. The summed E-state index contributed by atoms with van der Waals surface area (Å²) in [5, 5.41) is 12.7. The first-order valence-electron chi connectivity index (χ1n) is 6.86. The highest BCUT2D eigenvalue weighted by Gasteiger charge is 2.24. The summed E-state index contributed by atoms with van der Waals surface area (Å²) >= 11 is 1.30. The van der Waals surface area contributed by atoms with E-state index in [1.807, 2.05) is 13.8 Å². The molecule has 22 heavy (non-hydrogen) atoms. The summed E-state index contributed by atoms with van der Waals surface area (Å²) < 4.78 is 0. The van der Waals surface area contributed by atoms with E-state index in [-0.39, 0.29) is 12.3 Å². The molecule has 0 unspecified atom stereocenters. The van der Waals surface area contributed by atoms with E-state index in [2.05, 4.69) is 20.3 Å². The van der Waals surface area contributed by atoms with Crippen LogP contribution in [0.3, 0.4) is 0 Å². The van der Waals surface area contributed by atoms with Gasteiger partial charge in [0.05, 0.1) is 17.0 Å². The number of rotatable bonds is 6. The Morgan fingerprint density at radius 2 is 2.18 bits per heavy atom. The normalized spacial score (nSPS) is 12.4. The van der Waals surface area contributed by atoms with Gasteiger partial charge >= 0.3 is 5.97 Å². The molecule has 0 radical (unpaired) electrons. The molecule has 0 bridgehead atoms. The first-order valence-corrected chi connectivity index (χ1v) is 7.68. The molecule has 0 fully saturated rings. The third-order valence-electron chi connectivity index (χ3n) is 3.10. The first kappa shape index (κ1) is 16.2. The van der Waals surface area contributed by atoms with Crippen molar-refractivity contribution < 1.29 is 14.7 Å². The number of nitrogens with zero attached hydrogens (tertiary/aromatic N) is 2. The molecule has 2 rings (SSSR count). The molecular formula is C14H18N4O3S. The summed E-state index contributed by atoms with van der Waals surface area (Å²) in [5.74, 6) is -1.27. The van der Waals surface area contributed by atoms with Gasteiger partial charge in [0.1, 0.15) is 10.9 Å². The number of hydrogen-bond acceptors (Lipinski definition) is 5. The third-order valence-corrected chi connectivity index (χ3v) is 4.55. The molecule has 0 saturated heterocycles. The van der Waals surface area contributed by atoms with Crippen LogP contribution >= 0.6 is 11.3 Å². The Hall–Kier alpha value is -2.22. The summed E-state index contributed by atoms with van der Waals surface area (Å²) in [6, 6.07) is -1.02. The molecule has 7 nitrogen and oxygen atoms in total. The minimum atomic E-state index is -1.09. The van der Waals surface area contributed by atoms with Crippen molar-refractivity contribution in [2.24, 2.45) is 0 Å². The van der Waals surface area contributed by atoms with Crippen LogP contribution in [0.1, 0.15) is 45.8 Å². The van der Waals surface area contributed by atoms with Gasteiger partial charge < -0.3 is 15.4 Å². The highest BCUT2D eigenvalue weighted by atomic mass is 32.1. The summed E-state index contributed by atoms with van der Waals surface area (Å²) in [7, 11) is 0. The van der Waals surface area contributed by atoms with Crippen molar-refractivity contribution in [2.45, 2.75) is 39.2 Å². The smallest absolute Gasteiger partial charge is 0.326 e. The second-order valence-electron chi connectivity index (χ2n) is 5.27. The Morgan fingerprint density at radius 3 is 2.68 bits per heavy atom. The lowest BCUT2D eigenvalue weighted by Crippen LogP contribution is -2.42. The highest BCUT2D eigenvalue weighted by molar-refractivity contribution is 7.13. The van der Waals surface area contributed by atoms with Gasteiger partial charge in [-0.1, -0.05) is 13.8 Å². The fourth-order valence-corrected chi connectivity index (χ4v) is 2.89. The van der Waals surface area contributed by atoms with Crippen molar-refractivity contribution in [1.82, 2.24) is 20.3 Å². The highest BCUT2D eigenvalue weighted by Crippen LogP contribution is 2.24. The average molecular weight is 322 g/mol. The minimum Gasteiger partial charge on any atom is -0.480 e. The van der Waals surface area contributed by atoms with Crippen LogP contribution in [0.15, 0.2) is 12.5 Å². The molecule has 8 heteroatoms. The van der Waals surface area contributed by atoms with Crippen molar-refractivity contribution >= 4 is 23.2 Å². The molecule has 3 N–H and O–H groups in total. The van der Waals surface area contributed by atoms with E-state index in [0.717, 1.165) is 5.01 Å². The number of carboxylic acid groups (broad SMARTS) is 1. The fourth-order valence-electron chi connectivity index (χ4n) is 1.92. The van der Waals surface area contributed by atoms with Gasteiger partial charge in [-0.15, -0.1) is 11.3 Å². The topological polar surface area (TPSA) is 108 Å². The quantitative estimate of drug-likeness (QED) is 0.750. The van der Waals surface area contributed by atoms with Gasteiger partial charge in [0.25, 0.3) is 5.91 Å². The predicted octanol–water partition coefficient (Wildman–Crippen LogP) is 1.72. The van der Waals surface area contributed by atoms with Crippen molar-refractivity contribution in [2.75, 3.05) is 0 Å². The van der Waals surface area contributed by atoms with Gasteiger partial charge in [-0.2, -0.15) is 0 Å². The van der Waals surface area contributed by atoms with E-state index in [1.54, 1.807) is 6.92 Å². The van der Waals surface area contributed by atoms with E-state index >= 15 is 0 Å². The number of nitrogens with one attached hydrogen (secondary N) is 2. The maximum Gasteiger partial charge on any atom is 0.326 e. The largest absolute Gasteiger partial charge is 0.480 e. The number of aromatic nitrogens is 3. The van der Waals surface area contributed by atoms with Crippen LogP contribution in [0, 0.1) is 6.92 Å². The first-order chi connectivity index (χ1) is 10.4. The van der Waals surface area contributed by atoms with E-state index in [9.17, 15) is 14.7 Å². The van der Waals surface area contributed by atoms with Gasteiger partial charge in [0.2, 0.25) is 0 Å². The number of H-pyrrole nitrogens is 1. The number of carbonyl (C=O) groups is 2. The molecule has 0 saturated carbocycles. The number of aliphatic carboxylic acids is 1. The fraction of sp³-hybridized carbons (Fsp3) is 0.429. The molecule has 0 spiro atoms. The summed E-state index contributed by atoms with van der Waals surface area (Å²) in [4.78, 5) is 35.1. The number of aryl methyl sites for hydroxylation is 1. The SMILES string of the molecule is Cc1nc(C(C)C)sc1C(=O)N[C@H](Cc1cnc[nH]1)C(=O)O. The van der Waals surface area contributed by atoms with Gasteiger partial charge in [-0.25, -0.2) is 14.8 Å². The maximum absolute atomic E-state index is 12.3. The predicted molar refractivity (Wildman–Crippen MR) is 82.1 cm³/mol. The van der Waals surface area contributed by atoms with Crippen LogP contribution in [0.4, 0.5) is 0 Å². The molecular weight excluding hydrogens is 304 g/mol. The van der Waals surface area contributed by atoms with Gasteiger partial charge in [-0.05, 0) is 6.92 Å². The van der Waals surface area contributed by atoms with E-state index < -0.39 is 17.9 Å². The lowest BCUT2D eigenvalue weighted by atomic mass is 10.1. The Labute approximate surface area is 131 Å². The van der Waals surface area contributed by atoms with Crippen LogP contribution in [0.2, 0.25) is 0 Å². The summed E-state index contributed by atoms with van der Waals surface area (Å²) in [6.45, 7) is 5.75. The molecule has 1 amide bonds. The number of hydrogen-bond donors (Lipinski definition) is 3. The van der Waals surface area contributed by atoms with Gasteiger partial charge in [-0.3, -0.25) is 4.79 Å². The average Bonchev–Trinajstić information content (AvgIpc) is 3.07. The van der Waals surface area contributed by atoms with Crippen LogP contribution < -0.4 is 5.32 Å². The molecule has 2 aromatic rings. The molecule has 0 aliphatic carbocycles. The lowest BCUT2D eigenvalue weighted by Gasteiger charge is -2.13. The Balaban J connectivity index is 2.12. The Morgan fingerprint density at radius 1 is 1.45 bits per heavy atom. The zero-order valence-electron chi connectivity index (χ0n) is 12.6. The van der Waals surface area contributed by atoms with Crippen molar-refractivity contribution in [1.29, 1.82) is 0 Å². The second kappa shape index (κ2) is 6.69. The molecule has 1 atom stereocenters. The second-order valence-corrected chi connectivity index (χ2v) is 6.30. The van der Waals surface area contributed by atoms with E-state index in [0.29, 0.717) is 16.3 Å². The van der Waals surface area contributed by atoms with E-state index in [4.69, 9.17) is 0 Å². The van der Waals surface area contributed by atoms with Gasteiger partial charge in [0, 0.05) is 24.2 Å². The Kier molecular flexibility index (Phi) is 4.92. The van der Waals surface area contributed by atoms with Crippen LogP contribution in [-0.4, -0.2) is 38.0 Å². The van der Waals surface area contributed by atoms with Crippen LogP contribution in [0.5, 0.6) is 0 Å². The van der Waals surface area contributed by atoms with Crippen molar-refractivity contribution in [3.05, 3.63) is 33.8 Å². The van der Waals surface area contributed by atoms with Crippen LogP contribution in [-0.2, 0) is 11.2 Å².